The van der Waals surface area contributed by atoms with E-state index in [0.717, 1.165) is 29.3 Å². The van der Waals surface area contributed by atoms with Crippen LogP contribution in [0.1, 0.15) is 0 Å². The molecule has 3 aromatic carbocycles. The number of thioether (sulfide) groups is 1. The van der Waals surface area contributed by atoms with Gasteiger partial charge in [-0.3, -0.25) is 14.2 Å². The third kappa shape index (κ3) is 4.95. The van der Waals surface area contributed by atoms with Crippen LogP contribution >= 0.6 is 11.8 Å². The largest absolute Gasteiger partial charge is 0.573 e. The molecule has 0 saturated heterocycles. The minimum atomic E-state index is -4.85. The van der Waals surface area contributed by atoms with Gasteiger partial charge in [-0.15, -0.1) is 13.2 Å². The van der Waals surface area contributed by atoms with Crippen molar-refractivity contribution in [1.82, 2.24) is 14.5 Å². The lowest BCUT2D eigenvalue weighted by Crippen LogP contribution is -2.23. The van der Waals surface area contributed by atoms with Crippen LogP contribution in [0, 0.1) is 0 Å². The van der Waals surface area contributed by atoms with Gasteiger partial charge in [0, 0.05) is 22.7 Å². The third-order valence-electron chi connectivity index (χ3n) is 5.81. The molecule has 0 radical (unpaired) electrons. The van der Waals surface area contributed by atoms with Crippen LogP contribution in [0.25, 0.3) is 27.6 Å². The van der Waals surface area contributed by atoms with Gasteiger partial charge in [-0.05, 0) is 42.5 Å². The lowest BCUT2D eigenvalue weighted by atomic mass is 10.2. The molecule has 1 aliphatic rings. The number of halogens is 3. The lowest BCUT2D eigenvalue weighted by Gasteiger charge is -2.14. The molecule has 6 rings (SSSR count). The summed E-state index contributed by atoms with van der Waals surface area (Å²) in [5.41, 5.74) is 1.62. The summed E-state index contributed by atoms with van der Waals surface area (Å²) in [6.07, 6.45) is -4.85. The highest BCUT2D eigenvalue weighted by atomic mass is 32.2. The Bertz CT molecular complexity index is 1780. The number of carbonyl (C=O) groups is 1. The fourth-order valence-electron chi connectivity index (χ4n) is 4.17. The normalized spacial score (nSPS) is 12.7. The number of amides is 1. The SMILES string of the molecule is O=C(CSc1nc2c([nH]c3ccccc32)c(=O)n1-c1ccc(OC(F)(F)F)cc1)Nc1ccc2c(c1)OCO2. The summed E-state index contributed by atoms with van der Waals surface area (Å²) in [4.78, 5) is 34.1. The molecule has 198 valence electrons. The van der Waals surface area contributed by atoms with E-state index in [1.54, 1.807) is 24.3 Å². The number of H-pyrrole nitrogens is 1. The van der Waals surface area contributed by atoms with Crippen molar-refractivity contribution >= 4 is 45.3 Å². The Morgan fingerprint density at radius 1 is 1.08 bits per heavy atom. The van der Waals surface area contributed by atoms with Gasteiger partial charge in [0.05, 0.1) is 11.4 Å². The molecule has 0 spiro atoms. The van der Waals surface area contributed by atoms with Crippen molar-refractivity contribution in [2.75, 3.05) is 17.9 Å². The highest BCUT2D eigenvalue weighted by Crippen LogP contribution is 2.34. The molecule has 0 fully saturated rings. The smallest absolute Gasteiger partial charge is 0.454 e. The molecular weight excluding hydrogens is 537 g/mol. The van der Waals surface area contributed by atoms with Gasteiger partial charge in [-0.25, -0.2) is 4.98 Å². The van der Waals surface area contributed by atoms with Crippen LogP contribution in [-0.4, -0.2) is 39.4 Å². The summed E-state index contributed by atoms with van der Waals surface area (Å²) in [7, 11) is 0. The number of carbonyl (C=O) groups excluding carboxylic acids is 1. The van der Waals surface area contributed by atoms with E-state index in [2.05, 4.69) is 20.0 Å². The minimum absolute atomic E-state index is 0.103. The van der Waals surface area contributed by atoms with Crippen LogP contribution in [0.4, 0.5) is 18.9 Å². The van der Waals surface area contributed by atoms with Gasteiger partial charge in [-0.2, -0.15) is 0 Å². The number of hydrogen-bond acceptors (Lipinski definition) is 7. The molecule has 39 heavy (non-hydrogen) atoms. The summed E-state index contributed by atoms with van der Waals surface area (Å²) in [6, 6.07) is 17.1. The minimum Gasteiger partial charge on any atom is -0.454 e. The Balaban J connectivity index is 1.34. The van der Waals surface area contributed by atoms with Crippen molar-refractivity contribution in [3.8, 4) is 22.9 Å². The van der Waals surface area contributed by atoms with E-state index < -0.39 is 17.7 Å². The van der Waals surface area contributed by atoms with Crippen LogP contribution in [-0.2, 0) is 4.79 Å². The zero-order chi connectivity index (χ0) is 27.1. The summed E-state index contributed by atoms with van der Waals surface area (Å²) in [6.45, 7) is 0.103. The zero-order valence-corrected chi connectivity index (χ0v) is 20.6. The first-order chi connectivity index (χ1) is 18.7. The van der Waals surface area contributed by atoms with Gasteiger partial charge in [0.15, 0.2) is 16.7 Å². The first kappa shape index (κ1) is 24.7. The molecule has 1 amide bonds. The lowest BCUT2D eigenvalue weighted by molar-refractivity contribution is -0.274. The molecule has 2 aromatic heterocycles. The number of anilines is 1. The molecular formula is C26H17F3N4O5S. The maximum Gasteiger partial charge on any atom is 0.573 e. The monoisotopic (exact) mass is 554 g/mol. The highest BCUT2D eigenvalue weighted by molar-refractivity contribution is 7.99. The van der Waals surface area contributed by atoms with E-state index in [1.807, 2.05) is 18.2 Å². The number of nitrogens with one attached hydrogen (secondary N) is 2. The average molecular weight is 555 g/mol. The van der Waals surface area contributed by atoms with E-state index in [4.69, 9.17) is 9.47 Å². The molecule has 1 aliphatic heterocycles. The molecule has 0 bridgehead atoms. The van der Waals surface area contributed by atoms with Crippen LogP contribution in [0.15, 0.2) is 76.7 Å². The van der Waals surface area contributed by atoms with E-state index in [1.165, 1.54) is 16.7 Å². The maximum absolute atomic E-state index is 13.6. The fraction of sp³-hybridized carbons (Fsp3) is 0.115. The highest BCUT2D eigenvalue weighted by Gasteiger charge is 2.31. The average Bonchev–Trinajstić information content (AvgIpc) is 3.52. The quantitative estimate of drug-likeness (QED) is 0.219. The standard InChI is InChI=1S/C26H17F3N4O5S/c27-26(28,29)38-16-8-6-15(7-9-16)33-24(35)23-22(17-3-1-2-4-18(17)31-23)32-25(33)39-12-21(34)30-14-5-10-19-20(11-14)37-13-36-19/h1-11,31H,12-13H2,(H,30,34). The van der Waals surface area contributed by atoms with Gasteiger partial charge in [0.25, 0.3) is 5.56 Å². The molecule has 3 heterocycles. The summed E-state index contributed by atoms with van der Waals surface area (Å²) >= 11 is 1.01. The number of fused-ring (bicyclic) bond motifs is 4. The van der Waals surface area contributed by atoms with Crippen molar-refractivity contribution in [2.24, 2.45) is 0 Å². The Hall–Kier alpha value is -4.65. The van der Waals surface area contributed by atoms with Crippen molar-refractivity contribution in [1.29, 1.82) is 0 Å². The molecule has 0 saturated carbocycles. The molecule has 9 nitrogen and oxygen atoms in total. The van der Waals surface area contributed by atoms with E-state index in [0.29, 0.717) is 28.2 Å². The third-order valence-corrected chi connectivity index (χ3v) is 6.75. The maximum atomic E-state index is 13.6. The van der Waals surface area contributed by atoms with Gasteiger partial charge in [0.2, 0.25) is 12.7 Å². The Morgan fingerprint density at radius 2 is 1.85 bits per heavy atom. The topological polar surface area (TPSA) is 107 Å². The van der Waals surface area contributed by atoms with E-state index in [9.17, 15) is 22.8 Å². The first-order valence-corrected chi connectivity index (χ1v) is 12.5. The van der Waals surface area contributed by atoms with Gasteiger partial charge in [-0.1, -0.05) is 30.0 Å². The summed E-state index contributed by atoms with van der Waals surface area (Å²) in [5.74, 6) is 0.182. The van der Waals surface area contributed by atoms with Crippen LogP contribution < -0.4 is 25.1 Å². The number of alkyl halides is 3. The molecule has 5 aromatic rings. The number of rotatable bonds is 6. The van der Waals surface area contributed by atoms with Crippen molar-refractivity contribution < 1.29 is 32.2 Å². The summed E-state index contributed by atoms with van der Waals surface area (Å²) in [5, 5.41) is 3.67. The summed E-state index contributed by atoms with van der Waals surface area (Å²) < 4.78 is 53.7. The van der Waals surface area contributed by atoms with Crippen LogP contribution in [0.3, 0.4) is 0 Å². The Labute approximate surface area is 221 Å². The fourth-order valence-corrected chi connectivity index (χ4v) is 4.97. The molecule has 0 unspecified atom stereocenters. The van der Waals surface area contributed by atoms with Crippen molar-refractivity contribution in [2.45, 2.75) is 11.5 Å². The number of benzene rings is 3. The number of para-hydroxylation sites is 1. The Morgan fingerprint density at radius 3 is 2.64 bits per heavy atom. The number of aromatic amines is 1. The second kappa shape index (κ2) is 9.58. The van der Waals surface area contributed by atoms with Crippen molar-refractivity contribution in [3.05, 3.63) is 77.1 Å². The molecule has 13 heteroatoms. The predicted octanol–water partition coefficient (Wildman–Crippen LogP) is 5.23. The number of aromatic nitrogens is 3. The molecule has 0 atom stereocenters. The van der Waals surface area contributed by atoms with Gasteiger partial charge in [0.1, 0.15) is 16.8 Å². The Kier molecular flexibility index (Phi) is 6.06. The van der Waals surface area contributed by atoms with E-state index >= 15 is 0 Å². The number of nitrogens with zero attached hydrogens (tertiary/aromatic N) is 2. The zero-order valence-electron chi connectivity index (χ0n) is 19.7. The van der Waals surface area contributed by atoms with Crippen LogP contribution in [0.5, 0.6) is 17.2 Å². The van der Waals surface area contributed by atoms with Crippen LogP contribution in [0.2, 0.25) is 0 Å². The number of hydrogen-bond donors (Lipinski definition) is 2. The second-order valence-corrected chi connectivity index (χ2v) is 9.32. The first-order valence-electron chi connectivity index (χ1n) is 11.5. The number of ether oxygens (including phenoxy) is 3. The van der Waals surface area contributed by atoms with Crippen molar-refractivity contribution in [3.63, 3.8) is 0 Å². The molecule has 2 N–H and O–H groups in total. The van der Waals surface area contributed by atoms with Gasteiger partial charge < -0.3 is 24.5 Å². The predicted molar refractivity (Wildman–Crippen MR) is 138 cm³/mol. The van der Waals surface area contributed by atoms with E-state index in [-0.39, 0.29) is 34.8 Å². The molecule has 0 aliphatic carbocycles. The van der Waals surface area contributed by atoms with Gasteiger partial charge >= 0.3 is 6.36 Å². The second-order valence-electron chi connectivity index (χ2n) is 8.38.